The quantitative estimate of drug-likeness (QED) is 0.782. The third kappa shape index (κ3) is 2.32. The first-order valence-corrected chi connectivity index (χ1v) is 7.26. The van der Waals surface area contributed by atoms with Gasteiger partial charge in [0.05, 0.1) is 16.3 Å². The van der Waals surface area contributed by atoms with Crippen molar-refractivity contribution in [1.29, 1.82) is 0 Å². The molecule has 3 aromatic heterocycles. The molecule has 0 saturated carbocycles. The molecule has 1 unspecified atom stereocenters. The van der Waals surface area contributed by atoms with Crippen LogP contribution in [-0.2, 0) is 0 Å². The van der Waals surface area contributed by atoms with Gasteiger partial charge in [-0.1, -0.05) is 25.9 Å². The third-order valence-corrected chi connectivity index (χ3v) is 4.05. The zero-order chi connectivity index (χ0) is 14.3. The number of aromatic nitrogens is 3. The molecule has 0 aromatic carbocycles. The summed E-state index contributed by atoms with van der Waals surface area (Å²) < 4.78 is 6.40. The molecule has 3 rings (SSSR count). The molecule has 6 heteroatoms. The van der Waals surface area contributed by atoms with Crippen molar-refractivity contribution in [3.63, 3.8) is 0 Å². The van der Waals surface area contributed by atoms with Crippen LogP contribution >= 0.6 is 11.3 Å². The summed E-state index contributed by atoms with van der Waals surface area (Å²) in [6.07, 6.45) is 1.76. The Kier molecular flexibility index (Phi) is 3.07. The Balaban J connectivity index is 1.97. The third-order valence-electron chi connectivity index (χ3n) is 3.20. The Morgan fingerprint density at radius 2 is 2.15 bits per heavy atom. The summed E-state index contributed by atoms with van der Waals surface area (Å²) in [5, 5.41) is 6.02. The molecule has 104 valence electrons. The van der Waals surface area contributed by atoms with Gasteiger partial charge in [0.2, 0.25) is 11.7 Å². The van der Waals surface area contributed by atoms with E-state index in [1.54, 1.807) is 17.5 Å². The number of rotatable bonds is 2. The second-order valence-electron chi connectivity index (χ2n) is 5.83. The molecule has 0 fully saturated rings. The molecule has 20 heavy (non-hydrogen) atoms. The molecule has 0 saturated heterocycles. The summed E-state index contributed by atoms with van der Waals surface area (Å²) in [4.78, 5) is 8.78. The van der Waals surface area contributed by atoms with E-state index in [-0.39, 0.29) is 11.5 Å². The van der Waals surface area contributed by atoms with Crippen LogP contribution in [-0.4, -0.2) is 15.1 Å². The van der Waals surface area contributed by atoms with Crippen LogP contribution < -0.4 is 5.73 Å². The van der Waals surface area contributed by atoms with Gasteiger partial charge in [-0.25, -0.2) is 0 Å². The fourth-order valence-corrected chi connectivity index (χ4v) is 2.60. The van der Waals surface area contributed by atoms with Gasteiger partial charge in [-0.3, -0.25) is 4.98 Å². The van der Waals surface area contributed by atoms with E-state index >= 15 is 0 Å². The van der Waals surface area contributed by atoms with Crippen LogP contribution in [0.25, 0.3) is 21.6 Å². The average Bonchev–Trinajstić information content (AvgIpc) is 3.04. The highest BCUT2D eigenvalue weighted by molar-refractivity contribution is 7.17. The highest BCUT2D eigenvalue weighted by Crippen LogP contribution is 2.31. The topological polar surface area (TPSA) is 77.8 Å². The van der Waals surface area contributed by atoms with Crippen molar-refractivity contribution < 1.29 is 4.52 Å². The molecule has 0 aliphatic rings. The minimum atomic E-state index is -0.290. The number of fused-ring (bicyclic) bond motifs is 1. The van der Waals surface area contributed by atoms with E-state index < -0.39 is 0 Å². The molecule has 0 amide bonds. The molecule has 1 atom stereocenters. The van der Waals surface area contributed by atoms with Crippen molar-refractivity contribution in [3.05, 3.63) is 29.6 Å². The zero-order valence-corrected chi connectivity index (χ0v) is 12.4. The van der Waals surface area contributed by atoms with Crippen LogP contribution in [0, 0.1) is 5.41 Å². The van der Waals surface area contributed by atoms with E-state index in [2.05, 4.69) is 15.1 Å². The van der Waals surface area contributed by atoms with Gasteiger partial charge in [-0.05, 0) is 22.9 Å². The van der Waals surface area contributed by atoms with Gasteiger partial charge in [-0.2, -0.15) is 4.98 Å². The van der Waals surface area contributed by atoms with Crippen LogP contribution in [0.2, 0.25) is 0 Å². The van der Waals surface area contributed by atoms with Crippen LogP contribution in [0.4, 0.5) is 0 Å². The maximum Gasteiger partial charge on any atom is 0.244 e. The molecule has 3 heterocycles. The SMILES string of the molecule is CC(C)(C)C(N)c1nc(-c2cnc3ccsc3c2)no1. The highest BCUT2D eigenvalue weighted by Gasteiger charge is 2.27. The van der Waals surface area contributed by atoms with Crippen LogP contribution in [0.15, 0.2) is 28.2 Å². The lowest BCUT2D eigenvalue weighted by atomic mass is 9.87. The summed E-state index contributed by atoms with van der Waals surface area (Å²) >= 11 is 1.64. The van der Waals surface area contributed by atoms with Gasteiger partial charge in [0.25, 0.3) is 0 Å². The lowest BCUT2D eigenvalue weighted by molar-refractivity contribution is 0.253. The van der Waals surface area contributed by atoms with Gasteiger partial charge in [0.15, 0.2) is 0 Å². The molecule has 0 aliphatic carbocycles. The van der Waals surface area contributed by atoms with Crippen molar-refractivity contribution in [2.24, 2.45) is 11.1 Å². The summed E-state index contributed by atoms with van der Waals surface area (Å²) in [6.45, 7) is 6.13. The maximum atomic E-state index is 6.13. The lowest BCUT2D eigenvalue weighted by Gasteiger charge is -2.23. The summed E-state index contributed by atoms with van der Waals surface area (Å²) in [6, 6.07) is 3.72. The van der Waals surface area contributed by atoms with E-state index in [1.165, 1.54) is 0 Å². The van der Waals surface area contributed by atoms with Gasteiger partial charge >= 0.3 is 0 Å². The summed E-state index contributed by atoms with van der Waals surface area (Å²) in [5.74, 6) is 0.987. The van der Waals surface area contributed by atoms with Crippen molar-refractivity contribution in [2.45, 2.75) is 26.8 Å². The molecule has 0 radical (unpaired) electrons. The normalized spacial score (nSPS) is 13.8. The molecule has 5 nitrogen and oxygen atoms in total. The van der Waals surface area contributed by atoms with Crippen molar-refractivity contribution in [1.82, 2.24) is 15.1 Å². The Bertz CT molecular complexity index is 741. The first kappa shape index (κ1) is 13.2. The molecular weight excluding hydrogens is 272 g/mol. The van der Waals surface area contributed by atoms with E-state index in [0.29, 0.717) is 11.7 Å². The van der Waals surface area contributed by atoms with Crippen molar-refractivity contribution in [2.75, 3.05) is 0 Å². The van der Waals surface area contributed by atoms with Crippen LogP contribution in [0.5, 0.6) is 0 Å². The predicted octanol–water partition coefficient (Wildman–Crippen LogP) is 3.39. The van der Waals surface area contributed by atoms with E-state index in [0.717, 1.165) is 15.8 Å². The smallest absolute Gasteiger partial charge is 0.244 e. The Labute approximate surface area is 120 Å². The number of hydrogen-bond acceptors (Lipinski definition) is 6. The van der Waals surface area contributed by atoms with Gasteiger partial charge < -0.3 is 10.3 Å². The largest absolute Gasteiger partial charge is 0.337 e. The van der Waals surface area contributed by atoms with E-state index in [4.69, 9.17) is 10.3 Å². The average molecular weight is 288 g/mol. The molecule has 0 spiro atoms. The number of nitrogens with zero attached hydrogens (tertiary/aromatic N) is 3. The second kappa shape index (κ2) is 4.64. The monoisotopic (exact) mass is 288 g/mol. The van der Waals surface area contributed by atoms with Gasteiger partial charge in [-0.15, -0.1) is 11.3 Å². The van der Waals surface area contributed by atoms with Crippen LogP contribution in [0.3, 0.4) is 0 Å². The maximum absolute atomic E-state index is 6.13. The zero-order valence-electron chi connectivity index (χ0n) is 11.6. The number of hydrogen-bond donors (Lipinski definition) is 1. The minimum Gasteiger partial charge on any atom is -0.337 e. The molecule has 0 bridgehead atoms. The predicted molar refractivity (Wildman–Crippen MR) is 79.3 cm³/mol. The summed E-state index contributed by atoms with van der Waals surface area (Å²) in [7, 11) is 0. The first-order valence-electron chi connectivity index (χ1n) is 6.38. The second-order valence-corrected chi connectivity index (χ2v) is 6.78. The van der Waals surface area contributed by atoms with Crippen molar-refractivity contribution in [3.8, 4) is 11.4 Å². The lowest BCUT2D eigenvalue weighted by Crippen LogP contribution is -2.26. The Hall–Kier alpha value is -1.79. The highest BCUT2D eigenvalue weighted by atomic mass is 32.1. The molecule has 0 aliphatic heterocycles. The first-order chi connectivity index (χ1) is 9.45. The fraction of sp³-hybridized carbons (Fsp3) is 0.357. The molecule has 2 N–H and O–H groups in total. The Morgan fingerprint density at radius 3 is 2.90 bits per heavy atom. The standard InChI is InChI=1S/C14H16N4OS/c1-14(2,3)11(15)13-17-12(18-19-13)8-6-10-9(16-7-8)4-5-20-10/h4-7,11H,15H2,1-3H3. The number of pyridine rings is 1. The number of thiophene rings is 1. The van der Waals surface area contributed by atoms with E-state index in [9.17, 15) is 0 Å². The van der Waals surface area contributed by atoms with Gasteiger partial charge in [0.1, 0.15) is 0 Å². The van der Waals surface area contributed by atoms with Crippen LogP contribution in [0.1, 0.15) is 32.7 Å². The molecule has 3 aromatic rings. The van der Waals surface area contributed by atoms with E-state index in [1.807, 2.05) is 38.3 Å². The molecular formula is C14H16N4OS. The van der Waals surface area contributed by atoms with Gasteiger partial charge in [0, 0.05) is 11.8 Å². The Morgan fingerprint density at radius 1 is 1.35 bits per heavy atom. The minimum absolute atomic E-state index is 0.125. The summed E-state index contributed by atoms with van der Waals surface area (Å²) in [5.41, 5.74) is 7.83. The number of nitrogens with two attached hydrogens (primary N) is 1. The fourth-order valence-electron chi connectivity index (χ4n) is 1.82. The van der Waals surface area contributed by atoms with Crippen molar-refractivity contribution >= 4 is 21.6 Å².